The van der Waals surface area contributed by atoms with E-state index >= 15 is 0 Å². The topological polar surface area (TPSA) is 55.6 Å². The number of ether oxygens (including phenoxy) is 1. The van der Waals surface area contributed by atoms with Gasteiger partial charge in [0.15, 0.2) is 0 Å². The summed E-state index contributed by atoms with van der Waals surface area (Å²) in [6, 6.07) is 9.78. The molecule has 2 unspecified atom stereocenters. The van der Waals surface area contributed by atoms with Gasteiger partial charge in [-0.25, -0.2) is 0 Å². The van der Waals surface area contributed by atoms with Crippen LogP contribution in [0.5, 0.6) is 5.75 Å². The van der Waals surface area contributed by atoms with Crippen LogP contribution < -0.4 is 10.5 Å². The number of rotatable bonds is 6. The van der Waals surface area contributed by atoms with Crippen LogP contribution in [0.2, 0.25) is 0 Å². The second-order valence-electron chi connectivity index (χ2n) is 5.48. The molecule has 1 aromatic carbocycles. The average molecular weight is 276 g/mol. The Bertz CT molecular complexity index is 422. The standard InChI is InChI=1S/C16H24N2O2/c1-18(16(19)14-9-5-10-15(14)17)11-6-12-20-13-7-3-2-4-8-13/h2-4,7-8,14-15H,5-6,9-12,17H2,1H3. The Labute approximate surface area is 120 Å². The van der Waals surface area contributed by atoms with Crippen molar-refractivity contribution >= 4 is 5.91 Å². The van der Waals surface area contributed by atoms with Gasteiger partial charge in [0.2, 0.25) is 5.91 Å². The molecule has 1 fully saturated rings. The highest BCUT2D eigenvalue weighted by atomic mass is 16.5. The SMILES string of the molecule is CN(CCCOc1ccccc1)C(=O)C1CCCC1N. The monoisotopic (exact) mass is 276 g/mol. The van der Waals surface area contributed by atoms with Gasteiger partial charge in [0, 0.05) is 19.6 Å². The smallest absolute Gasteiger partial charge is 0.226 e. The Morgan fingerprint density at radius 3 is 2.75 bits per heavy atom. The number of para-hydroxylation sites is 1. The maximum absolute atomic E-state index is 12.2. The van der Waals surface area contributed by atoms with E-state index in [2.05, 4.69) is 0 Å². The zero-order chi connectivity index (χ0) is 14.4. The lowest BCUT2D eigenvalue weighted by molar-refractivity contribution is -0.134. The van der Waals surface area contributed by atoms with Crippen LogP contribution in [0.25, 0.3) is 0 Å². The van der Waals surface area contributed by atoms with Gasteiger partial charge in [-0.05, 0) is 31.4 Å². The number of nitrogens with zero attached hydrogens (tertiary/aromatic N) is 1. The summed E-state index contributed by atoms with van der Waals surface area (Å²) in [4.78, 5) is 14.0. The summed E-state index contributed by atoms with van der Waals surface area (Å²) in [6.45, 7) is 1.34. The molecule has 0 radical (unpaired) electrons. The lowest BCUT2D eigenvalue weighted by Gasteiger charge is -2.23. The first-order valence-corrected chi connectivity index (χ1v) is 7.37. The van der Waals surface area contributed by atoms with Crippen molar-refractivity contribution in [1.82, 2.24) is 4.90 Å². The Hall–Kier alpha value is -1.55. The Kier molecular flexibility index (Phi) is 5.41. The fourth-order valence-electron chi connectivity index (χ4n) is 2.70. The van der Waals surface area contributed by atoms with E-state index in [0.717, 1.165) is 38.0 Å². The van der Waals surface area contributed by atoms with Crippen LogP contribution >= 0.6 is 0 Å². The van der Waals surface area contributed by atoms with Crippen LogP contribution in [0.1, 0.15) is 25.7 Å². The summed E-state index contributed by atoms with van der Waals surface area (Å²) in [5.74, 6) is 1.09. The number of nitrogens with two attached hydrogens (primary N) is 1. The minimum absolute atomic E-state index is 0.0232. The Balaban J connectivity index is 1.67. The molecule has 1 aliphatic rings. The molecule has 0 saturated heterocycles. The van der Waals surface area contributed by atoms with Gasteiger partial charge in [-0.2, -0.15) is 0 Å². The van der Waals surface area contributed by atoms with Crippen molar-refractivity contribution in [1.29, 1.82) is 0 Å². The summed E-state index contributed by atoms with van der Waals surface area (Å²) in [6.07, 6.45) is 3.81. The number of hydrogen-bond donors (Lipinski definition) is 1. The maximum atomic E-state index is 12.2. The summed E-state index contributed by atoms with van der Waals surface area (Å²) in [5, 5.41) is 0. The van der Waals surface area contributed by atoms with Crippen molar-refractivity contribution in [2.24, 2.45) is 11.7 Å². The van der Waals surface area contributed by atoms with Crippen molar-refractivity contribution in [2.75, 3.05) is 20.2 Å². The minimum Gasteiger partial charge on any atom is -0.494 e. The summed E-state index contributed by atoms with van der Waals surface area (Å²) in [7, 11) is 1.86. The van der Waals surface area contributed by atoms with Gasteiger partial charge < -0.3 is 15.4 Å². The number of hydrogen-bond acceptors (Lipinski definition) is 3. The van der Waals surface area contributed by atoms with Crippen LogP contribution in [0.4, 0.5) is 0 Å². The summed E-state index contributed by atoms with van der Waals surface area (Å²) >= 11 is 0. The molecule has 1 saturated carbocycles. The highest BCUT2D eigenvalue weighted by Crippen LogP contribution is 2.25. The van der Waals surface area contributed by atoms with Crippen LogP contribution in [0, 0.1) is 5.92 Å². The highest BCUT2D eigenvalue weighted by Gasteiger charge is 2.31. The third-order valence-electron chi connectivity index (χ3n) is 3.91. The van der Waals surface area contributed by atoms with Crippen molar-refractivity contribution in [2.45, 2.75) is 31.7 Å². The molecule has 1 amide bonds. The van der Waals surface area contributed by atoms with Gasteiger partial charge in [0.1, 0.15) is 5.75 Å². The van der Waals surface area contributed by atoms with Crippen LogP contribution in [0.15, 0.2) is 30.3 Å². The molecule has 4 nitrogen and oxygen atoms in total. The molecule has 20 heavy (non-hydrogen) atoms. The largest absolute Gasteiger partial charge is 0.494 e. The summed E-state index contributed by atoms with van der Waals surface area (Å²) < 4.78 is 5.62. The molecular formula is C16H24N2O2. The van der Waals surface area contributed by atoms with Gasteiger partial charge in [-0.1, -0.05) is 24.6 Å². The molecule has 2 N–H and O–H groups in total. The quantitative estimate of drug-likeness (QED) is 0.809. The lowest BCUT2D eigenvalue weighted by atomic mass is 10.0. The molecule has 0 aromatic heterocycles. The minimum atomic E-state index is 0.0232. The van der Waals surface area contributed by atoms with E-state index in [1.165, 1.54) is 0 Å². The maximum Gasteiger partial charge on any atom is 0.226 e. The van der Waals surface area contributed by atoms with Gasteiger partial charge in [0.05, 0.1) is 12.5 Å². The molecule has 0 aliphatic heterocycles. The average Bonchev–Trinajstić information content (AvgIpc) is 2.90. The van der Waals surface area contributed by atoms with Crippen LogP contribution in [0.3, 0.4) is 0 Å². The number of carbonyl (C=O) groups is 1. The fraction of sp³-hybridized carbons (Fsp3) is 0.562. The molecule has 1 aliphatic carbocycles. The van der Waals surface area contributed by atoms with Gasteiger partial charge in [0.25, 0.3) is 0 Å². The van der Waals surface area contributed by atoms with Gasteiger partial charge in [-0.15, -0.1) is 0 Å². The predicted octanol–water partition coefficient (Wildman–Crippen LogP) is 2.04. The highest BCUT2D eigenvalue weighted by molar-refractivity contribution is 5.79. The Morgan fingerprint density at radius 1 is 1.35 bits per heavy atom. The van der Waals surface area contributed by atoms with Crippen LogP contribution in [-0.2, 0) is 4.79 Å². The van der Waals surface area contributed by atoms with Crippen molar-refractivity contribution < 1.29 is 9.53 Å². The van der Waals surface area contributed by atoms with Crippen LogP contribution in [-0.4, -0.2) is 37.0 Å². The third-order valence-corrected chi connectivity index (χ3v) is 3.91. The van der Waals surface area contributed by atoms with Gasteiger partial charge >= 0.3 is 0 Å². The number of carbonyl (C=O) groups excluding carboxylic acids is 1. The van der Waals surface area contributed by atoms with Crippen molar-refractivity contribution in [3.63, 3.8) is 0 Å². The van der Waals surface area contributed by atoms with E-state index in [0.29, 0.717) is 6.61 Å². The first kappa shape index (κ1) is 14.9. The van der Waals surface area contributed by atoms with E-state index in [1.807, 2.05) is 37.4 Å². The molecule has 0 bridgehead atoms. The van der Waals surface area contributed by atoms with E-state index in [4.69, 9.17) is 10.5 Å². The zero-order valence-electron chi connectivity index (χ0n) is 12.1. The zero-order valence-corrected chi connectivity index (χ0v) is 12.1. The van der Waals surface area contributed by atoms with E-state index in [-0.39, 0.29) is 17.9 Å². The first-order valence-electron chi connectivity index (χ1n) is 7.37. The lowest BCUT2D eigenvalue weighted by Crippen LogP contribution is -2.40. The Morgan fingerprint density at radius 2 is 2.10 bits per heavy atom. The van der Waals surface area contributed by atoms with Gasteiger partial charge in [-0.3, -0.25) is 4.79 Å². The van der Waals surface area contributed by atoms with Crippen molar-refractivity contribution in [3.8, 4) is 5.75 Å². The van der Waals surface area contributed by atoms with E-state index in [9.17, 15) is 4.79 Å². The second-order valence-corrected chi connectivity index (χ2v) is 5.48. The molecular weight excluding hydrogens is 252 g/mol. The summed E-state index contributed by atoms with van der Waals surface area (Å²) in [5.41, 5.74) is 5.98. The van der Waals surface area contributed by atoms with E-state index < -0.39 is 0 Å². The fourth-order valence-corrected chi connectivity index (χ4v) is 2.70. The number of amides is 1. The molecule has 1 aromatic rings. The molecule has 2 rings (SSSR count). The van der Waals surface area contributed by atoms with E-state index in [1.54, 1.807) is 4.90 Å². The van der Waals surface area contributed by atoms with Crippen molar-refractivity contribution in [3.05, 3.63) is 30.3 Å². The molecule has 2 atom stereocenters. The molecule has 0 heterocycles. The second kappa shape index (κ2) is 7.29. The first-order chi connectivity index (χ1) is 9.68. The predicted molar refractivity (Wildman–Crippen MR) is 79.5 cm³/mol. The molecule has 110 valence electrons. The number of benzene rings is 1. The molecule has 0 spiro atoms. The third kappa shape index (κ3) is 3.97. The molecule has 4 heteroatoms. The normalized spacial score (nSPS) is 21.7.